The molecule has 25 heavy (non-hydrogen) atoms. The van der Waals surface area contributed by atoms with E-state index in [1.165, 1.54) is 0 Å². The van der Waals surface area contributed by atoms with Gasteiger partial charge < -0.3 is 4.57 Å². The Hall–Kier alpha value is -2.66. The molecule has 0 aliphatic carbocycles. The molecule has 2 heterocycles. The van der Waals surface area contributed by atoms with Gasteiger partial charge in [0.25, 0.3) is 0 Å². The highest BCUT2D eigenvalue weighted by atomic mass is 35.5. The van der Waals surface area contributed by atoms with Crippen molar-refractivity contribution in [3.8, 4) is 5.69 Å². The lowest BCUT2D eigenvalue weighted by atomic mass is 10.2. The first-order valence-electron chi connectivity index (χ1n) is 8.01. The van der Waals surface area contributed by atoms with Gasteiger partial charge in [0.05, 0.1) is 16.9 Å². The summed E-state index contributed by atoms with van der Waals surface area (Å²) in [6.45, 7) is 7.96. The van der Waals surface area contributed by atoms with Gasteiger partial charge in [0, 0.05) is 28.3 Å². The number of benzene rings is 1. The zero-order valence-electron chi connectivity index (χ0n) is 14.7. The molecule has 0 bridgehead atoms. The molecule has 6 heteroatoms. The Labute approximate surface area is 152 Å². The Bertz CT molecular complexity index is 923. The fourth-order valence-electron chi connectivity index (χ4n) is 2.86. The molecule has 3 aromatic rings. The van der Waals surface area contributed by atoms with Crippen molar-refractivity contribution in [3.05, 3.63) is 69.8 Å². The molecule has 0 fully saturated rings. The van der Waals surface area contributed by atoms with Crippen LogP contribution in [-0.4, -0.2) is 20.7 Å². The molecule has 1 N–H and O–H groups in total. The smallest absolute Gasteiger partial charge is 0.243 e. The van der Waals surface area contributed by atoms with Crippen LogP contribution in [0.15, 0.2) is 41.5 Å². The van der Waals surface area contributed by atoms with Gasteiger partial charge in [-0.25, -0.2) is 15.4 Å². The summed E-state index contributed by atoms with van der Waals surface area (Å²) in [7, 11) is 0. The Kier molecular flexibility index (Phi) is 4.86. The molecular weight excluding hydrogens is 334 g/mol. The number of rotatable bonds is 4. The minimum Gasteiger partial charge on any atom is -0.316 e. The number of aryl methyl sites for hydroxylation is 3. The van der Waals surface area contributed by atoms with Crippen LogP contribution in [0.3, 0.4) is 0 Å². The van der Waals surface area contributed by atoms with Crippen LogP contribution in [0.5, 0.6) is 0 Å². The van der Waals surface area contributed by atoms with E-state index in [4.69, 9.17) is 11.6 Å². The second-order valence-corrected chi connectivity index (χ2v) is 6.36. The van der Waals surface area contributed by atoms with Crippen LogP contribution in [0.2, 0.25) is 5.02 Å². The number of nitrogens with one attached hydrogen (secondary N) is 1. The minimum atomic E-state index is 0.494. The summed E-state index contributed by atoms with van der Waals surface area (Å²) in [5.74, 6) is 0.494. The molecule has 0 aliphatic heterocycles. The summed E-state index contributed by atoms with van der Waals surface area (Å²) >= 11 is 6.34. The molecule has 0 saturated heterocycles. The normalized spacial score (nSPS) is 11.2. The number of aromatic nitrogens is 3. The van der Waals surface area contributed by atoms with Crippen LogP contribution in [0.25, 0.3) is 5.69 Å². The standard InChI is InChI=1S/C19H20ClN5/c1-12-9-13(2)23-19(22-12)24-21-11-16-10-14(3)25(15(16)4)18-8-6-5-7-17(18)20/h5-11H,1-4H3,(H,22,23,24)/b21-11-. The topological polar surface area (TPSA) is 55.1 Å². The molecule has 0 aliphatic rings. The quantitative estimate of drug-likeness (QED) is 0.551. The van der Waals surface area contributed by atoms with Gasteiger partial charge in [-0.1, -0.05) is 23.7 Å². The molecule has 0 unspecified atom stereocenters. The maximum atomic E-state index is 6.34. The van der Waals surface area contributed by atoms with Gasteiger partial charge in [0.2, 0.25) is 5.95 Å². The molecule has 0 radical (unpaired) electrons. The lowest BCUT2D eigenvalue weighted by Gasteiger charge is -2.11. The summed E-state index contributed by atoms with van der Waals surface area (Å²) in [5, 5.41) is 5.00. The Morgan fingerprint density at radius 1 is 1.04 bits per heavy atom. The van der Waals surface area contributed by atoms with Gasteiger partial charge in [0.1, 0.15) is 0 Å². The van der Waals surface area contributed by atoms with Gasteiger partial charge in [-0.05, 0) is 52.0 Å². The summed E-state index contributed by atoms with van der Waals surface area (Å²) in [4.78, 5) is 8.62. The average molecular weight is 354 g/mol. The zero-order valence-corrected chi connectivity index (χ0v) is 15.5. The van der Waals surface area contributed by atoms with Crippen molar-refractivity contribution in [3.63, 3.8) is 0 Å². The number of para-hydroxylation sites is 1. The molecule has 0 atom stereocenters. The van der Waals surface area contributed by atoms with E-state index in [1.54, 1.807) is 6.21 Å². The number of nitrogens with zero attached hydrogens (tertiary/aromatic N) is 4. The van der Waals surface area contributed by atoms with Gasteiger partial charge in [0.15, 0.2) is 0 Å². The number of hydrazone groups is 1. The summed E-state index contributed by atoms with van der Waals surface area (Å²) in [5.41, 5.74) is 8.83. The van der Waals surface area contributed by atoms with E-state index in [9.17, 15) is 0 Å². The van der Waals surface area contributed by atoms with Crippen LogP contribution in [0, 0.1) is 27.7 Å². The van der Waals surface area contributed by atoms with Crippen LogP contribution in [0.4, 0.5) is 5.95 Å². The molecule has 3 rings (SSSR count). The average Bonchev–Trinajstić information content (AvgIpc) is 2.81. The van der Waals surface area contributed by atoms with Crippen molar-refractivity contribution in [1.29, 1.82) is 0 Å². The highest BCUT2D eigenvalue weighted by Gasteiger charge is 2.11. The van der Waals surface area contributed by atoms with Crippen molar-refractivity contribution in [1.82, 2.24) is 14.5 Å². The van der Waals surface area contributed by atoms with E-state index < -0.39 is 0 Å². The van der Waals surface area contributed by atoms with Crippen LogP contribution in [0.1, 0.15) is 28.3 Å². The SMILES string of the molecule is Cc1cc(C)nc(N/N=C\c2cc(C)n(-c3ccccc3Cl)c2C)n1. The van der Waals surface area contributed by atoms with E-state index in [1.807, 2.05) is 58.0 Å². The molecular formula is C19H20ClN5. The molecule has 5 nitrogen and oxygen atoms in total. The molecule has 0 amide bonds. The van der Waals surface area contributed by atoms with Crippen LogP contribution in [-0.2, 0) is 0 Å². The predicted octanol–water partition coefficient (Wildman–Crippen LogP) is 4.60. The first-order valence-corrected chi connectivity index (χ1v) is 8.38. The highest BCUT2D eigenvalue weighted by molar-refractivity contribution is 6.32. The van der Waals surface area contributed by atoms with Crippen molar-refractivity contribution in [2.45, 2.75) is 27.7 Å². The fourth-order valence-corrected chi connectivity index (χ4v) is 3.08. The molecule has 1 aromatic carbocycles. The van der Waals surface area contributed by atoms with Crippen molar-refractivity contribution in [2.24, 2.45) is 5.10 Å². The fraction of sp³-hybridized carbons (Fsp3) is 0.211. The largest absolute Gasteiger partial charge is 0.316 e. The van der Waals surface area contributed by atoms with Crippen LogP contribution >= 0.6 is 11.6 Å². The van der Waals surface area contributed by atoms with Gasteiger partial charge in [-0.3, -0.25) is 0 Å². The molecule has 0 saturated carbocycles. The minimum absolute atomic E-state index is 0.494. The van der Waals surface area contributed by atoms with Gasteiger partial charge in [-0.2, -0.15) is 5.10 Å². The van der Waals surface area contributed by atoms with E-state index in [0.717, 1.165) is 39.0 Å². The van der Waals surface area contributed by atoms with Crippen molar-refractivity contribution < 1.29 is 0 Å². The number of anilines is 1. The van der Waals surface area contributed by atoms with E-state index in [2.05, 4.69) is 31.1 Å². The Balaban J connectivity index is 1.87. The zero-order chi connectivity index (χ0) is 18.0. The van der Waals surface area contributed by atoms with Gasteiger partial charge >= 0.3 is 0 Å². The van der Waals surface area contributed by atoms with Crippen molar-refractivity contribution in [2.75, 3.05) is 5.43 Å². The van der Waals surface area contributed by atoms with E-state index in [-0.39, 0.29) is 0 Å². The second kappa shape index (κ2) is 7.07. The summed E-state index contributed by atoms with van der Waals surface area (Å²) < 4.78 is 2.12. The van der Waals surface area contributed by atoms with Gasteiger partial charge in [-0.15, -0.1) is 0 Å². The Morgan fingerprint density at radius 3 is 2.40 bits per heavy atom. The number of halogens is 1. The first-order chi connectivity index (χ1) is 12.0. The molecule has 128 valence electrons. The predicted molar refractivity (Wildman–Crippen MR) is 103 cm³/mol. The van der Waals surface area contributed by atoms with E-state index in [0.29, 0.717) is 5.95 Å². The maximum absolute atomic E-state index is 6.34. The summed E-state index contributed by atoms with van der Waals surface area (Å²) in [6, 6.07) is 11.8. The highest BCUT2D eigenvalue weighted by Crippen LogP contribution is 2.25. The number of hydrogen-bond donors (Lipinski definition) is 1. The van der Waals surface area contributed by atoms with E-state index >= 15 is 0 Å². The first kappa shape index (κ1) is 17.2. The van der Waals surface area contributed by atoms with Crippen molar-refractivity contribution >= 4 is 23.8 Å². The molecule has 0 spiro atoms. The lowest BCUT2D eigenvalue weighted by Crippen LogP contribution is -2.01. The second-order valence-electron chi connectivity index (χ2n) is 5.96. The third-order valence-corrected chi connectivity index (χ3v) is 4.23. The maximum Gasteiger partial charge on any atom is 0.243 e. The number of hydrogen-bond acceptors (Lipinski definition) is 4. The van der Waals surface area contributed by atoms with Crippen LogP contribution < -0.4 is 5.43 Å². The lowest BCUT2D eigenvalue weighted by molar-refractivity contribution is 0.965. The summed E-state index contributed by atoms with van der Waals surface area (Å²) in [6.07, 6.45) is 1.77. The molecule has 2 aromatic heterocycles. The third kappa shape index (κ3) is 3.72. The monoisotopic (exact) mass is 353 g/mol. The Morgan fingerprint density at radius 2 is 1.72 bits per heavy atom. The third-order valence-electron chi connectivity index (χ3n) is 3.91.